The number of halogens is 1. The normalized spacial score (nSPS) is 21.6. The fraction of sp³-hybridized carbons (Fsp3) is 0.409. The quantitative estimate of drug-likeness (QED) is 0.599. The molecule has 0 aliphatic carbocycles. The highest BCUT2D eigenvalue weighted by atomic mass is 79.9. The number of rotatable bonds is 5. The molecule has 9 heteroatoms. The number of carbonyl (C=O) groups excluding carboxylic acids is 3. The van der Waals surface area contributed by atoms with E-state index in [-0.39, 0.29) is 17.7 Å². The molecule has 6 nitrogen and oxygen atoms in total. The zero-order chi connectivity index (χ0) is 21.8. The Labute approximate surface area is 198 Å². The topological polar surface area (TPSA) is 78.5 Å². The molecule has 2 aliphatic heterocycles. The molecule has 1 aromatic carbocycles. The van der Waals surface area contributed by atoms with E-state index in [9.17, 15) is 14.4 Å². The van der Waals surface area contributed by atoms with Crippen LogP contribution in [0.2, 0.25) is 0 Å². The Bertz CT molecular complexity index is 971. The van der Waals surface area contributed by atoms with E-state index >= 15 is 0 Å². The van der Waals surface area contributed by atoms with Gasteiger partial charge in [0, 0.05) is 30.1 Å². The van der Waals surface area contributed by atoms with E-state index in [1.807, 2.05) is 35.2 Å². The second kappa shape index (κ2) is 9.75. The van der Waals surface area contributed by atoms with Gasteiger partial charge in [-0.05, 0) is 77.3 Å². The van der Waals surface area contributed by atoms with Crippen molar-refractivity contribution in [3.63, 3.8) is 0 Å². The highest BCUT2D eigenvalue weighted by Crippen LogP contribution is 2.31. The van der Waals surface area contributed by atoms with Crippen LogP contribution in [-0.2, 0) is 9.59 Å². The predicted octanol–water partition coefficient (Wildman–Crippen LogP) is 4.66. The molecule has 0 radical (unpaired) electrons. The number of thiophene rings is 1. The van der Waals surface area contributed by atoms with Crippen molar-refractivity contribution >= 4 is 68.1 Å². The van der Waals surface area contributed by atoms with Crippen molar-refractivity contribution in [3.8, 4) is 0 Å². The summed E-state index contributed by atoms with van der Waals surface area (Å²) in [6.07, 6.45) is 4.19. The zero-order valence-electron chi connectivity index (χ0n) is 17.0. The molecule has 0 unspecified atom stereocenters. The van der Waals surface area contributed by atoms with Gasteiger partial charge in [-0.1, -0.05) is 6.42 Å². The molecule has 0 bridgehead atoms. The van der Waals surface area contributed by atoms with Crippen LogP contribution in [0.5, 0.6) is 0 Å². The molecule has 0 saturated carbocycles. The van der Waals surface area contributed by atoms with Crippen molar-refractivity contribution < 1.29 is 14.4 Å². The summed E-state index contributed by atoms with van der Waals surface area (Å²) < 4.78 is 0.875. The zero-order valence-corrected chi connectivity index (χ0v) is 20.2. The van der Waals surface area contributed by atoms with Crippen LogP contribution in [0.1, 0.15) is 41.8 Å². The minimum absolute atomic E-state index is 0.152. The molecule has 1 aromatic heterocycles. The fourth-order valence-corrected chi connectivity index (χ4v) is 6.46. The number of hydrogen-bond donors (Lipinski definition) is 2. The van der Waals surface area contributed by atoms with E-state index in [2.05, 4.69) is 26.6 Å². The molecule has 2 aromatic rings. The summed E-state index contributed by atoms with van der Waals surface area (Å²) in [6.45, 7) is 0.732. The lowest BCUT2D eigenvalue weighted by Gasteiger charge is -2.28. The lowest BCUT2D eigenvalue weighted by atomic mass is 9.97. The number of benzene rings is 1. The minimum Gasteiger partial charge on any atom is -0.336 e. The third-order valence-corrected chi connectivity index (χ3v) is 8.43. The fourth-order valence-electron chi connectivity index (χ4n) is 3.85. The standard InChI is InChI=1S/C22H24BrN3O3S2/c23-18-10-9-17(31-18)20(28)25-22(11-13-30-14-22)21(29)24-15-5-7-16(8-6-15)26-12-3-1-2-4-19(26)27/h5-10H,1-4,11-14H2,(H,24,29)(H,25,28)/t22-/m0/s1. The van der Waals surface area contributed by atoms with Gasteiger partial charge in [0.2, 0.25) is 5.91 Å². The van der Waals surface area contributed by atoms with Crippen molar-refractivity contribution in [2.45, 2.75) is 37.6 Å². The average molecular weight is 522 g/mol. The first-order valence-electron chi connectivity index (χ1n) is 10.3. The maximum absolute atomic E-state index is 13.2. The van der Waals surface area contributed by atoms with Gasteiger partial charge in [-0.2, -0.15) is 11.8 Å². The molecule has 4 rings (SSSR count). The van der Waals surface area contributed by atoms with Crippen LogP contribution in [0.4, 0.5) is 11.4 Å². The first-order valence-corrected chi connectivity index (χ1v) is 13.1. The van der Waals surface area contributed by atoms with Crippen LogP contribution in [0, 0.1) is 0 Å². The van der Waals surface area contributed by atoms with Crippen molar-refractivity contribution in [3.05, 3.63) is 45.1 Å². The molecule has 2 saturated heterocycles. The van der Waals surface area contributed by atoms with Crippen molar-refractivity contribution in [2.75, 3.05) is 28.3 Å². The summed E-state index contributed by atoms with van der Waals surface area (Å²) >= 11 is 6.38. The Morgan fingerprint density at radius 3 is 2.55 bits per heavy atom. The van der Waals surface area contributed by atoms with E-state index in [0.717, 1.165) is 41.0 Å². The molecule has 3 heterocycles. The number of anilines is 2. The number of thioether (sulfide) groups is 1. The van der Waals surface area contributed by atoms with E-state index < -0.39 is 5.54 Å². The third-order valence-electron chi connectivity index (χ3n) is 5.62. The summed E-state index contributed by atoms with van der Waals surface area (Å²) in [6, 6.07) is 11.0. The van der Waals surface area contributed by atoms with Crippen LogP contribution < -0.4 is 15.5 Å². The number of carbonyl (C=O) groups is 3. The lowest BCUT2D eigenvalue weighted by molar-refractivity contribution is -0.121. The van der Waals surface area contributed by atoms with Gasteiger partial charge in [0.25, 0.3) is 11.8 Å². The van der Waals surface area contributed by atoms with Gasteiger partial charge < -0.3 is 15.5 Å². The Morgan fingerprint density at radius 2 is 1.87 bits per heavy atom. The lowest BCUT2D eigenvalue weighted by Crippen LogP contribution is -2.57. The molecule has 164 valence electrons. The summed E-state index contributed by atoms with van der Waals surface area (Å²) in [7, 11) is 0. The van der Waals surface area contributed by atoms with Crippen molar-refractivity contribution in [1.82, 2.24) is 5.32 Å². The number of nitrogens with zero attached hydrogens (tertiary/aromatic N) is 1. The van der Waals surface area contributed by atoms with Gasteiger partial charge in [0.05, 0.1) is 8.66 Å². The first kappa shape index (κ1) is 22.4. The van der Waals surface area contributed by atoms with E-state index in [1.165, 1.54) is 11.3 Å². The van der Waals surface area contributed by atoms with Crippen LogP contribution in [0.15, 0.2) is 40.2 Å². The number of nitrogens with one attached hydrogen (secondary N) is 2. The highest BCUT2D eigenvalue weighted by Gasteiger charge is 2.43. The van der Waals surface area contributed by atoms with Gasteiger partial charge in [0.15, 0.2) is 0 Å². The van der Waals surface area contributed by atoms with Crippen molar-refractivity contribution in [2.24, 2.45) is 0 Å². The second-order valence-corrected chi connectivity index (χ2v) is 11.4. The summed E-state index contributed by atoms with van der Waals surface area (Å²) in [5.74, 6) is 1.07. The van der Waals surface area contributed by atoms with Gasteiger partial charge in [0.1, 0.15) is 5.54 Å². The van der Waals surface area contributed by atoms with E-state index in [4.69, 9.17) is 0 Å². The Kier molecular flexibility index (Phi) is 7.03. The minimum atomic E-state index is -0.933. The van der Waals surface area contributed by atoms with E-state index in [0.29, 0.717) is 29.2 Å². The molecule has 31 heavy (non-hydrogen) atoms. The van der Waals surface area contributed by atoms with Crippen LogP contribution in [0.3, 0.4) is 0 Å². The molecular formula is C22H24BrN3O3S2. The van der Waals surface area contributed by atoms with Crippen molar-refractivity contribution in [1.29, 1.82) is 0 Å². The summed E-state index contributed by atoms with van der Waals surface area (Å²) in [5.41, 5.74) is 0.575. The third kappa shape index (κ3) is 5.15. The van der Waals surface area contributed by atoms with Gasteiger partial charge in [-0.3, -0.25) is 14.4 Å². The molecular weight excluding hydrogens is 498 g/mol. The molecule has 2 N–H and O–H groups in total. The van der Waals surface area contributed by atoms with Crippen LogP contribution >= 0.6 is 39.0 Å². The predicted molar refractivity (Wildman–Crippen MR) is 130 cm³/mol. The molecule has 3 amide bonds. The summed E-state index contributed by atoms with van der Waals surface area (Å²) in [5, 5.41) is 5.95. The second-order valence-electron chi connectivity index (χ2n) is 7.80. The van der Waals surface area contributed by atoms with Gasteiger partial charge in [-0.25, -0.2) is 0 Å². The monoisotopic (exact) mass is 521 g/mol. The van der Waals surface area contributed by atoms with Gasteiger partial charge >= 0.3 is 0 Å². The molecule has 1 atom stereocenters. The maximum atomic E-state index is 13.2. The van der Waals surface area contributed by atoms with Crippen LogP contribution in [-0.4, -0.2) is 41.3 Å². The molecule has 0 spiro atoms. The Balaban J connectivity index is 1.45. The maximum Gasteiger partial charge on any atom is 0.262 e. The SMILES string of the molecule is O=C(N[C@@]1(C(=O)Nc2ccc(N3CCCCCC3=O)cc2)CCSC1)c1ccc(Br)s1. The molecule has 2 fully saturated rings. The first-order chi connectivity index (χ1) is 15.0. The molecule has 2 aliphatic rings. The Morgan fingerprint density at radius 1 is 1.06 bits per heavy atom. The van der Waals surface area contributed by atoms with Gasteiger partial charge in [-0.15, -0.1) is 11.3 Å². The number of amides is 3. The van der Waals surface area contributed by atoms with E-state index in [1.54, 1.807) is 17.8 Å². The van der Waals surface area contributed by atoms with Crippen LogP contribution in [0.25, 0.3) is 0 Å². The summed E-state index contributed by atoms with van der Waals surface area (Å²) in [4.78, 5) is 40.6. The number of hydrogen-bond acceptors (Lipinski definition) is 5. The average Bonchev–Trinajstić information content (AvgIpc) is 3.36. The highest BCUT2D eigenvalue weighted by molar-refractivity contribution is 9.11. The largest absolute Gasteiger partial charge is 0.336 e. The smallest absolute Gasteiger partial charge is 0.262 e. The Hall–Kier alpha value is -1.84.